The molecule has 2 rings (SSSR count). The number of phenols is 1. The molecule has 0 saturated heterocycles. The molecule has 0 unspecified atom stereocenters. The van der Waals surface area contributed by atoms with Crippen molar-refractivity contribution in [2.45, 2.75) is 32.6 Å². The Morgan fingerprint density at radius 1 is 1.33 bits per heavy atom. The molecule has 0 aliphatic heterocycles. The molecule has 0 atom stereocenters. The van der Waals surface area contributed by atoms with Crippen LogP contribution in [-0.4, -0.2) is 11.7 Å². The Balaban J connectivity index is 1.90. The highest BCUT2D eigenvalue weighted by Crippen LogP contribution is 2.26. The predicted molar refractivity (Wildman–Crippen MR) is 63.3 cm³/mol. The Morgan fingerprint density at radius 2 is 2.07 bits per heavy atom. The second-order valence-corrected chi connectivity index (χ2v) is 4.53. The summed E-state index contributed by atoms with van der Waals surface area (Å²) in [5.41, 5.74) is 2.06. The van der Waals surface area contributed by atoms with Crippen LogP contribution in [0.3, 0.4) is 0 Å². The third-order valence-electron chi connectivity index (χ3n) is 3.27. The third kappa shape index (κ3) is 2.65. The molecular weight excluding hydrogens is 186 g/mol. The molecule has 2 nitrogen and oxygen atoms in total. The van der Waals surface area contributed by atoms with Crippen molar-refractivity contribution in [2.75, 3.05) is 11.9 Å². The molecule has 1 aromatic rings. The van der Waals surface area contributed by atoms with E-state index < -0.39 is 0 Å². The molecule has 0 bridgehead atoms. The summed E-state index contributed by atoms with van der Waals surface area (Å²) >= 11 is 0. The highest BCUT2D eigenvalue weighted by Gasteiger charge is 2.14. The molecule has 0 spiro atoms. The van der Waals surface area contributed by atoms with Crippen molar-refractivity contribution >= 4 is 5.69 Å². The number of aromatic hydroxyl groups is 1. The zero-order valence-corrected chi connectivity index (χ0v) is 9.29. The van der Waals surface area contributed by atoms with E-state index >= 15 is 0 Å². The summed E-state index contributed by atoms with van der Waals surface area (Å²) in [6.45, 7) is 3.00. The maximum absolute atomic E-state index is 9.40. The highest BCUT2D eigenvalue weighted by molar-refractivity contribution is 5.50. The lowest BCUT2D eigenvalue weighted by Gasteiger charge is -2.12. The lowest BCUT2D eigenvalue weighted by atomic mass is 10.1. The van der Waals surface area contributed by atoms with Crippen molar-refractivity contribution in [1.29, 1.82) is 0 Å². The number of nitrogens with one attached hydrogen (secondary N) is 1. The van der Waals surface area contributed by atoms with E-state index in [0.717, 1.165) is 23.7 Å². The number of rotatable bonds is 3. The van der Waals surface area contributed by atoms with E-state index in [1.54, 1.807) is 6.07 Å². The Labute approximate surface area is 91.3 Å². The van der Waals surface area contributed by atoms with Gasteiger partial charge < -0.3 is 10.4 Å². The molecule has 2 N–H and O–H groups in total. The SMILES string of the molecule is Cc1cc(NCC2CCCC2)ccc1O. The molecule has 1 aliphatic rings. The predicted octanol–water partition coefficient (Wildman–Crippen LogP) is 3.30. The van der Waals surface area contributed by atoms with Gasteiger partial charge in [-0.05, 0) is 49.4 Å². The average molecular weight is 205 g/mol. The summed E-state index contributed by atoms with van der Waals surface area (Å²) in [5.74, 6) is 1.22. The third-order valence-corrected chi connectivity index (χ3v) is 3.27. The van der Waals surface area contributed by atoms with Gasteiger partial charge >= 0.3 is 0 Å². The van der Waals surface area contributed by atoms with Gasteiger partial charge in [0.1, 0.15) is 5.75 Å². The maximum atomic E-state index is 9.40. The first-order valence-corrected chi connectivity index (χ1v) is 5.79. The maximum Gasteiger partial charge on any atom is 0.118 e. The molecule has 2 heteroatoms. The number of anilines is 1. The van der Waals surface area contributed by atoms with E-state index in [0.29, 0.717) is 5.75 Å². The fraction of sp³-hybridized carbons (Fsp3) is 0.538. The number of hydrogen-bond donors (Lipinski definition) is 2. The van der Waals surface area contributed by atoms with Gasteiger partial charge in [-0.2, -0.15) is 0 Å². The smallest absolute Gasteiger partial charge is 0.118 e. The van der Waals surface area contributed by atoms with E-state index in [-0.39, 0.29) is 0 Å². The van der Waals surface area contributed by atoms with Crippen LogP contribution in [-0.2, 0) is 0 Å². The van der Waals surface area contributed by atoms with E-state index in [9.17, 15) is 5.11 Å². The number of benzene rings is 1. The molecule has 82 valence electrons. The van der Waals surface area contributed by atoms with Crippen molar-refractivity contribution in [3.63, 3.8) is 0 Å². The molecule has 0 radical (unpaired) electrons. The van der Waals surface area contributed by atoms with Gasteiger partial charge in [0.05, 0.1) is 0 Å². The second-order valence-electron chi connectivity index (χ2n) is 4.53. The van der Waals surface area contributed by atoms with Crippen LogP contribution in [0.4, 0.5) is 5.69 Å². The number of hydrogen-bond acceptors (Lipinski definition) is 2. The van der Waals surface area contributed by atoms with Crippen LogP contribution >= 0.6 is 0 Å². The Bertz CT molecular complexity index is 329. The molecular formula is C13H19NO. The fourth-order valence-corrected chi connectivity index (χ4v) is 2.24. The lowest BCUT2D eigenvalue weighted by molar-refractivity contribution is 0.471. The zero-order valence-electron chi connectivity index (χ0n) is 9.29. The van der Waals surface area contributed by atoms with Gasteiger partial charge in [-0.1, -0.05) is 12.8 Å². The second kappa shape index (κ2) is 4.56. The van der Waals surface area contributed by atoms with Gasteiger partial charge in [0.2, 0.25) is 0 Å². The summed E-state index contributed by atoms with van der Waals surface area (Å²) < 4.78 is 0. The van der Waals surface area contributed by atoms with Crippen LogP contribution in [0, 0.1) is 12.8 Å². The van der Waals surface area contributed by atoms with Crippen LogP contribution in [0.15, 0.2) is 18.2 Å². The van der Waals surface area contributed by atoms with Crippen LogP contribution in [0.1, 0.15) is 31.2 Å². The first kappa shape index (κ1) is 10.3. The molecule has 1 aliphatic carbocycles. The molecule has 1 saturated carbocycles. The van der Waals surface area contributed by atoms with Gasteiger partial charge in [0.25, 0.3) is 0 Å². The minimum absolute atomic E-state index is 0.376. The van der Waals surface area contributed by atoms with Crippen molar-refractivity contribution < 1.29 is 5.11 Å². The minimum Gasteiger partial charge on any atom is -0.508 e. The van der Waals surface area contributed by atoms with E-state index in [2.05, 4.69) is 5.32 Å². The Kier molecular flexibility index (Phi) is 3.14. The molecule has 1 fully saturated rings. The summed E-state index contributed by atoms with van der Waals surface area (Å²) in [6.07, 6.45) is 5.51. The number of phenolic OH excluding ortho intramolecular Hbond substituents is 1. The molecule has 15 heavy (non-hydrogen) atoms. The topological polar surface area (TPSA) is 32.3 Å². The fourth-order valence-electron chi connectivity index (χ4n) is 2.24. The largest absolute Gasteiger partial charge is 0.508 e. The summed E-state index contributed by atoms with van der Waals surface area (Å²) in [7, 11) is 0. The van der Waals surface area contributed by atoms with Gasteiger partial charge in [-0.15, -0.1) is 0 Å². The van der Waals surface area contributed by atoms with E-state index in [1.807, 2.05) is 19.1 Å². The van der Waals surface area contributed by atoms with Crippen LogP contribution in [0.2, 0.25) is 0 Å². The average Bonchev–Trinajstić information content (AvgIpc) is 2.73. The van der Waals surface area contributed by atoms with Gasteiger partial charge in [0, 0.05) is 12.2 Å². The minimum atomic E-state index is 0.376. The van der Waals surface area contributed by atoms with Crippen LogP contribution in [0.25, 0.3) is 0 Å². The molecule has 0 aromatic heterocycles. The summed E-state index contributed by atoms with van der Waals surface area (Å²) in [6, 6.07) is 5.70. The van der Waals surface area contributed by atoms with Crippen molar-refractivity contribution in [3.8, 4) is 5.75 Å². The van der Waals surface area contributed by atoms with E-state index in [1.165, 1.54) is 25.7 Å². The Morgan fingerprint density at radius 3 is 2.73 bits per heavy atom. The monoisotopic (exact) mass is 205 g/mol. The van der Waals surface area contributed by atoms with Crippen molar-refractivity contribution in [2.24, 2.45) is 5.92 Å². The number of aryl methyl sites for hydroxylation is 1. The van der Waals surface area contributed by atoms with Gasteiger partial charge in [-0.25, -0.2) is 0 Å². The van der Waals surface area contributed by atoms with Crippen LogP contribution in [0.5, 0.6) is 5.75 Å². The first-order chi connectivity index (χ1) is 7.25. The summed E-state index contributed by atoms with van der Waals surface area (Å²) in [4.78, 5) is 0. The molecule has 0 amide bonds. The Hall–Kier alpha value is -1.18. The quantitative estimate of drug-likeness (QED) is 0.742. The standard InChI is InChI=1S/C13H19NO/c1-10-8-12(6-7-13(10)15)14-9-11-4-2-3-5-11/h6-8,11,14-15H,2-5,9H2,1H3. The van der Waals surface area contributed by atoms with Gasteiger partial charge in [-0.3, -0.25) is 0 Å². The normalized spacial score (nSPS) is 16.9. The molecule has 0 heterocycles. The van der Waals surface area contributed by atoms with Crippen LogP contribution < -0.4 is 5.32 Å². The zero-order chi connectivity index (χ0) is 10.7. The first-order valence-electron chi connectivity index (χ1n) is 5.79. The lowest BCUT2D eigenvalue weighted by Crippen LogP contribution is -2.10. The van der Waals surface area contributed by atoms with Gasteiger partial charge in [0.15, 0.2) is 0 Å². The summed E-state index contributed by atoms with van der Waals surface area (Å²) in [5, 5.41) is 12.8. The van der Waals surface area contributed by atoms with E-state index in [4.69, 9.17) is 0 Å². The van der Waals surface area contributed by atoms with Crippen molar-refractivity contribution in [1.82, 2.24) is 0 Å². The molecule has 1 aromatic carbocycles. The highest BCUT2D eigenvalue weighted by atomic mass is 16.3. The van der Waals surface area contributed by atoms with Crippen molar-refractivity contribution in [3.05, 3.63) is 23.8 Å².